The molecular weight excluding hydrogens is 550 g/mol. The van der Waals surface area contributed by atoms with Gasteiger partial charge in [-0.25, -0.2) is 4.98 Å². The number of methoxy groups -OCH3 is 2. The lowest BCUT2D eigenvalue weighted by Crippen LogP contribution is -2.14. The van der Waals surface area contributed by atoms with Crippen molar-refractivity contribution in [3.05, 3.63) is 88.4 Å². The van der Waals surface area contributed by atoms with E-state index in [1.165, 1.54) is 11.8 Å². The molecule has 0 aliphatic rings. The minimum Gasteiger partial charge on any atom is -0.493 e. The zero-order valence-corrected chi connectivity index (χ0v) is 22.9. The Hall–Kier alpha value is -3.80. The molecule has 4 rings (SSSR count). The molecule has 3 aromatic carbocycles. The Morgan fingerprint density at radius 3 is 2.30 bits per heavy atom. The molecule has 0 saturated heterocycles. The van der Waals surface area contributed by atoms with Crippen molar-refractivity contribution in [2.75, 3.05) is 25.3 Å². The highest BCUT2D eigenvalue weighted by atomic mass is 79.9. The highest BCUT2D eigenvalue weighted by molar-refractivity contribution is 9.10. The van der Waals surface area contributed by atoms with Gasteiger partial charge in [-0.3, -0.25) is 4.79 Å². The van der Waals surface area contributed by atoms with Crippen LogP contribution in [0.4, 0.5) is 5.69 Å². The highest BCUT2D eigenvalue weighted by Gasteiger charge is 2.18. The van der Waals surface area contributed by atoms with Crippen LogP contribution in [0.3, 0.4) is 0 Å². The average molecular weight is 575 g/mol. The first-order chi connectivity index (χ1) is 17.9. The van der Waals surface area contributed by atoms with Gasteiger partial charge in [0.15, 0.2) is 11.5 Å². The molecule has 0 saturated carbocycles. The second kappa shape index (κ2) is 12.0. The van der Waals surface area contributed by atoms with Crippen LogP contribution >= 0.6 is 27.7 Å². The molecule has 1 N–H and O–H groups in total. The third-order valence-electron chi connectivity index (χ3n) is 5.61. The predicted molar refractivity (Wildman–Crippen MR) is 151 cm³/mol. The predicted octanol–water partition coefficient (Wildman–Crippen LogP) is 7.11. The number of benzene rings is 3. The highest BCUT2D eigenvalue weighted by Crippen LogP contribution is 2.38. The molecule has 0 bridgehead atoms. The Balaban J connectivity index is 1.73. The second-order valence-electron chi connectivity index (χ2n) is 8.13. The second-order valence-corrected chi connectivity index (χ2v) is 10.0. The first-order valence-electron chi connectivity index (χ1n) is 11.3. The van der Waals surface area contributed by atoms with E-state index in [0.29, 0.717) is 33.3 Å². The van der Waals surface area contributed by atoms with E-state index in [2.05, 4.69) is 27.3 Å². The molecule has 1 amide bonds. The van der Waals surface area contributed by atoms with Crippen molar-refractivity contribution >= 4 is 39.3 Å². The van der Waals surface area contributed by atoms with Crippen LogP contribution in [0.15, 0.2) is 82.3 Å². The van der Waals surface area contributed by atoms with Crippen molar-refractivity contribution in [3.8, 4) is 40.0 Å². The van der Waals surface area contributed by atoms with Gasteiger partial charge in [-0.1, -0.05) is 63.6 Å². The molecule has 0 spiro atoms. The van der Waals surface area contributed by atoms with Gasteiger partial charge in [0.2, 0.25) is 5.91 Å². The Labute approximate surface area is 228 Å². The Morgan fingerprint density at radius 1 is 0.973 bits per heavy atom. The monoisotopic (exact) mass is 573 g/mol. The molecule has 6 nitrogen and oxygen atoms in total. The minimum absolute atomic E-state index is 0.102. The van der Waals surface area contributed by atoms with E-state index >= 15 is 0 Å². The summed E-state index contributed by atoms with van der Waals surface area (Å²) in [5.41, 5.74) is 5.28. The number of aromatic nitrogens is 1. The number of carbonyl (C=O) groups is 1. The van der Waals surface area contributed by atoms with Crippen LogP contribution in [0.25, 0.3) is 22.4 Å². The summed E-state index contributed by atoms with van der Waals surface area (Å²) in [7, 11) is 3.15. The van der Waals surface area contributed by atoms with Crippen LogP contribution in [0, 0.1) is 18.3 Å². The average Bonchev–Trinajstić information content (AvgIpc) is 2.92. The summed E-state index contributed by atoms with van der Waals surface area (Å²) >= 11 is 4.70. The number of ether oxygens (including phenoxy) is 2. The number of anilines is 1. The lowest BCUT2D eigenvalue weighted by molar-refractivity contribution is -0.113. The summed E-state index contributed by atoms with van der Waals surface area (Å²) in [6.07, 6.45) is 0. The van der Waals surface area contributed by atoms with E-state index in [0.717, 1.165) is 26.9 Å². The van der Waals surface area contributed by atoms with Crippen LogP contribution < -0.4 is 14.8 Å². The third-order valence-corrected chi connectivity index (χ3v) is 7.11. The molecule has 0 atom stereocenters. The van der Waals surface area contributed by atoms with Gasteiger partial charge in [0, 0.05) is 21.3 Å². The quantitative estimate of drug-likeness (QED) is 0.226. The number of aryl methyl sites for hydroxylation is 1. The number of thioether (sulfide) groups is 1. The van der Waals surface area contributed by atoms with Crippen LogP contribution in [-0.4, -0.2) is 30.9 Å². The largest absolute Gasteiger partial charge is 0.493 e. The fraction of sp³-hybridized carbons (Fsp3) is 0.138. The number of nitriles is 1. The summed E-state index contributed by atoms with van der Waals surface area (Å²) in [4.78, 5) is 17.5. The van der Waals surface area contributed by atoms with Gasteiger partial charge in [0.05, 0.1) is 31.2 Å². The molecule has 1 aromatic heterocycles. The topological polar surface area (TPSA) is 84.2 Å². The smallest absolute Gasteiger partial charge is 0.234 e. The molecule has 1 heterocycles. The maximum absolute atomic E-state index is 12.7. The molecule has 37 heavy (non-hydrogen) atoms. The first-order valence-corrected chi connectivity index (χ1v) is 13.1. The molecule has 186 valence electrons. The maximum atomic E-state index is 12.7. The van der Waals surface area contributed by atoms with E-state index in [1.807, 2.05) is 73.7 Å². The SMILES string of the molecule is COc1ccc(-c2cc(-c3ccc(Br)cc3)nc(SCC(=O)Nc3ccc(C)cc3)c2C#N)cc1OC. The zero-order valence-electron chi connectivity index (χ0n) is 20.5. The molecule has 0 aliphatic heterocycles. The number of hydrogen-bond acceptors (Lipinski definition) is 6. The number of halogens is 1. The molecule has 4 aromatic rings. The third kappa shape index (κ3) is 6.31. The van der Waals surface area contributed by atoms with Crippen LogP contribution in [0.1, 0.15) is 11.1 Å². The van der Waals surface area contributed by atoms with Gasteiger partial charge in [0.25, 0.3) is 0 Å². The van der Waals surface area contributed by atoms with E-state index in [9.17, 15) is 10.1 Å². The van der Waals surface area contributed by atoms with E-state index < -0.39 is 0 Å². The van der Waals surface area contributed by atoms with Gasteiger partial charge in [0.1, 0.15) is 11.1 Å². The van der Waals surface area contributed by atoms with Gasteiger partial charge in [-0.05, 0) is 55.0 Å². The lowest BCUT2D eigenvalue weighted by atomic mass is 9.99. The zero-order chi connectivity index (χ0) is 26.4. The van der Waals surface area contributed by atoms with Gasteiger partial charge in [-0.15, -0.1) is 0 Å². The summed E-state index contributed by atoms with van der Waals surface area (Å²) in [5, 5.41) is 13.5. The number of rotatable bonds is 8. The fourth-order valence-electron chi connectivity index (χ4n) is 3.70. The lowest BCUT2D eigenvalue weighted by Gasteiger charge is -2.14. The number of carbonyl (C=O) groups excluding carboxylic acids is 1. The van der Waals surface area contributed by atoms with Crippen molar-refractivity contribution in [1.29, 1.82) is 5.26 Å². The standard InChI is InChI=1S/C29H24BrN3O3S/c1-18-4-11-22(12-5-18)32-28(34)17-37-29-24(16-31)23(20-8-13-26(35-2)27(14-20)36-3)15-25(33-29)19-6-9-21(30)10-7-19/h4-15H,17H2,1-3H3,(H,32,34). The van der Waals surface area contributed by atoms with Gasteiger partial charge < -0.3 is 14.8 Å². The minimum atomic E-state index is -0.179. The maximum Gasteiger partial charge on any atom is 0.234 e. The van der Waals surface area contributed by atoms with Crippen LogP contribution in [-0.2, 0) is 4.79 Å². The summed E-state index contributed by atoms with van der Waals surface area (Å²) in [6, 6.07) is 25.1. The van der Waals surface area contributed by atoms with E-state index in [-0.39, 0.29) is 11.7 Å². The van der Waals surface area contributed by atoms with Crippen molar-refractivity contribution < 1.29 is 14.3 Å². The van der Waals surface area contributed by atoms with Gasteiger partial charge in [-0.2, -0.15) is 5.26 Å². The summed E-state index contributed by atoms with van der Waals surface area (Å²) < 4.78 is 11.8. The molecule has 0 unspecified atom stereocenters. The van der Waals surface area contributed by atoms with Crippen LogP contribution in [0.5, 0.6) is 11.5 Å². The van der Waals surface area contributed by atoms with E-state index in [4.69, 9.17) is 14.5 Å². The Bertz CT molecular complexity index is 1470. The Morgan fingerprint density at radius 2 is 1.65 bits per heavy atom. The van der Waals surface area contributed by atoms with Crippen molar-refractivity contribution in [3.63, 3.8) is 0 Å². The normalized spacial score (nSPS) is 10.5. The summed E-state index contributed by atoms with van der Waals surface area (Å²) in [5.74, 6) is 1.07. The van der Waals surface area contributed by atoms with Crippen molar-refractivity contribution in [2.24, 2.45) is 0 Å². The van der Waals surface area contributed by atoms with Crippen molar-refractivity contribution in [2.45, 2.75) is 11.9 Å². The molecule has 0 radical (unpaired) electrons. The number of nitrogens with zero attached hydrogens (tertiary/aromatic N) is 2. The summed E-state index contributed by atoms with van der Waals surface area (Å²) in [6.45, 7) is 1.99. The molecule has 0 fully saturated rings. The van der Waals surface area contributed by atoms with Crippen molar-refractivity contribution in [1.82, 2.24) is 4.98 Å². The molecular formula is C29H24BrN3O3S. The Kier molecular flexibility index (Phi) is 8.49. The first kappa shape index (κ1) is 26.3. The fourth-order valence-corrected chi connectivity index (χ4v) is 4.77. The number of amides is 1. The van der Waals surface area contributed by atoms with E-state index in [1.54, 1.807) is 20.3 Å². The molecule has 8 heteroatoms. The number of nitrogens with one attached hydrogen (secondary N) is 1. The number of pyridine rings is 1. The van der Waals surface area contributed by atoms with Gasteiger partial charge >= 0.3 is 0 Å². The number of hydrogen-bond donors (Lipinski definition) is 1. The van der Waals surface area contributed by atoms with Crippen LogP contribution in [0.2, 0.25) is 0 Å². The molecule has 0 aliphatic carbocycles.